The summed E-state index contributed by atoms with van der Waals surface area (Å²) in [5.41, 5.74) is 0. The van der Waals surface area contributed by atoms with E-state index in [1.165, 1.54) is 0 Å². The summed E-state index contributed by atoms with van der Waals surface area (Å²) in [7, 11) is 0. The highest BCUT2D eigenvalue weighted by atomic mass is 16.5. The molecular weight excluding hydrogens is 194 g/mol. The lowest BCUT2D eigenvalue weighted by molar-refractivity contribution is -0.120. The predicted molar refractivity (Wildman–Crippen MR) is 54.2 cm³/mol. The maximum Gasteiger partial charge on any atom is 0.211 e. The topological polar surface area (TPSA) is 45.1 Å². The Balaban J connectivity index is 1.72. The number of carbonyl (C=O) groups excluding carboxylic acids is 1. The van der Waals surface area contributed by atoms with Crippen LogP contribution in [0.2, 0.25) is 0 Å². The number of nitrogens with zero attached hydrogens (tertiary/aromatic N) is 3. The molecule has 0 saturated carbocycles. The van der Waals surface area contributed by atoms with Gasteiger partial charge < -0.3 is 14.5 Å². The fourth-order valence-electron chi connectivity index (χ4n) is 2.42. The summed E-state index contributed by atoms with van der Waals surface area (Å²) >= 11 is 0. The van der Waals surface area contributed by atoms with Crippen LogP contribution >= 0.6 is 0 Å². The maximum absolute atomic E-state index is 10.8. The van der Waals surface area contributed by atoms with Gasteiger partial charge in [-0.3, -0.25) is 4.79 Å². The van der Waals surface area contributed by atoms with Gasteiger partial charge in [0.25, 0.3) is 0 Å². The van der Waals surface area contributed by atoms with Crippen molar-refractivity contribution in [3.05, 3.63) is 12.3 Å². The SMILES string of the molecule is O=CN1COC[C@H]1[C@@H]1CC2=NC=CCN21. The minimum atomic E-state index is 0.202. The van der Waals surface area contributed by atoms with Crippen LogP contribution in [0.5, 0.6) is 0 Å². The Morgan fingerprint density at radius 1 is 1.53 bits per heavy atom. The van der Waals surface area contributed by atoms with Crippen molar-refractivity contribution in [1.29, 1.82) is 0 Å². The van der Waals surface area contributed by atoms with E-state index in [2.05, 4.69) is 9.89 Å². The molecule has 0 aliphatic carbocycles. The van der Waals surface area contributed by atoms with Crippen molar-refractivity contribution in [3.8, 4) is 0 Å². The van der Waals surface area contributed by atoms with E-state index < -0.39 is 0 Å². The second-order valence-corrected chi connectivity index (χ2v) is 4.04. The van der Waals surface area contributed by atoms with E-state index in [4.69, 9.17) is 4.74 Å². The highest BCUT2D eigenvalue weighted by Gasteiger charge is 2.43. The predicted octanol–water partition coefficient (Wildman–Crippen LogP) is -0.199. The largest absolute Gasteiger partial charge is 0.359 e. The number of aliphatic imine (C=N–C) groups is 1. The molecule has 3 rings (SSSR count). The smallest absolute Gasteiger partial charge is 0.211 e. The Labute approximate surface area is 88.0 Å². The van der Waals surface area contributed by atoms with Gasteiger partial charge in [0.05, 0.1) is 18.7 Å². The summed E-state index contributed by atoms with van der Waals surface area (Å²) in [6.07, 6.45) is 5.73. The van der Waals surface area contributed by atoms with Crippen LogP contribution in [0.4, 0.5) is 0 Å². The first-order valence-corrected chi connectivity index (χ1v) is 5.17. The molecule has 2 atom stereocenters. The molecule has 1 amide bonds. The standard InChI is InChI=1S/C10H13N3O2/c14-6-12-7-15-5-9(12)8-4-10-11-2-1-3-13(8)10/h1-2,6,8-9H,3-5,7H2/t8-,9-/m0/s1. The Bertz CT molecular complexity index is 340. The molecule has 3 aliphatic rings. The number of carbonyl (C=O) groups is 1. The number of ether oxygens (including phenoxy) is 1. The van der Waals surface area contributed by atoms with Crippen LogP contribution in [0, 0.1) is 0 Å². The lowest BCUT2D eigenvalue weighted by Crippen LogP contribution is -2.61. The van der Waals surface area contributed by atoms with E-state index in [0.29, 0.717) is 19.4 Å². The van der Waals surface area contributed by atoms with E-state index in [9.17, 15) is 4.79 Å². The zero-order chi connectivity index (χ0) is 10.3. The van der Waals surface area contributed by atoms with Gasteiger partial charge in [-0.1, -0.05) is 0 Å². The minimum absolute atomic E-state index is 0.202. The first kappa shape index (κ1) is 8.91. The van der Waals surface area contributed by atoms with Crippen LogP contribution in [0.25, 0.3) is 0 Å². The molecule has 0 bridgehead atoms. The number of amidine groups is 1. The van der Waals surface area contributed by atoms with Crippen LogP contribution in [-0.4, -0.2) is 54.0 Å². The Hall–Kier alpha value is -1.36. The summed E-state index contributed by atoms with van der Waals surface area (Å²) in [5, 5.41) is 0. The van der Waals surface area contributed by atoms with Crippen LogP contribution < -0.4 is 0 Å². The third-order valence-corrected chi connectivity index (χ3v) is 3.29. The molecule has 15 heavy (non-hydrogen) atoms. The molecule has 80 valence electrons. The molecule has 0 aromatic rings. The van der Waals surface area contributed by atoms with Gasteiger partial charge in [-0.05, 0) is 6.08 Å². The van der Waals surface area contributed by atoms with Crippen molar-refractivity contribution in [3.63, 3.8) is 0 Å². The number of amides is 1. The molecule has 2 fully saturated rings. The molecule has 2 saturated heterocycles. The Kier molecular flexibility index (Phi) is 1.98. The normalized spacial score (nSPS) is 33.5. The first-order chi connectivity index (χ1) is 7.40. The molecule has 3 aliphatic heterocycles. The van der Waals surface area contributed by atoms with Gasteiger partial charge in [-0.2, -0.15) is 0 Å². The van der Waals surface area contributed by atoms with E-state index >= 15 is 0 Å². The van der Waals surface area contributed by atoms with E-state index in [-0.39, 0.29) is 6.04 Å². The minimum Gasteiger partial charge on any atom is -0.359 e. The molecule has 0 aromatic heterocycles. The molecule has 5 nitrogen and oxygen atoms in total. The van der Waals surface area contributed by atoms with E-state index in [1.807, 2.05) is 12.3 Å². The summed E-state index contributed by atoms with van der Waals surface area (Å²) < 4.78 is 5.31. The number of hydrogen-bond donors (Lipinski definition) is 0. The highest BCUT2D eigenvalue weighted by molar-refractivity contribution is 5.90. The summed E-state index contributed by atoms with van der Waals surface area (Å²) in [6.45, 7) is 1.99. The first-order valence-electron chi connectivity index (χ1n) is 5.17. The zero-order valence-corrected chi connectivity index (χ0v) is 8.37. The van der Waals surface area contributed by atoms with E-state index in [0.717, 1.165) is 25.2 Å². The van der Waals surface area contributed by atoms with Crippen molar-refractivity contribution in [2.45, 2.75) is 18.5 Å². The van der Waals surface area contributed by atoms with Crippen molar-refractivity contribution >= 4 is 12.2 Å². The average molecular weight is 207 g/mol. The lowest BCUT2D eigenvalue weighted by Gasteiger charge is -2.48. The summed E-state index contributed by atoms with van der Waals surface area (Å²) in [4.78, 5) is 19.1. The van der Waals surface area contributed by atoms with Crippen molar-refractivity contribution < 1.29 is 9.53 Å². The second-order valence-electron chi connectivity index (χ2n) is 4.04. The monoisotopic (exact) mass is 207 g/mol. The molecule has 5 heteroatoms. The van der Waals surface area contributed by atoms with Crippen molar-refractivity contribution in [2.75, 3.05) is 19.9 Å². The van der Waals surface area contributed by atoms with Crippen molar-refractivity contribution in [1.82, 2.24) is 9.80 Å². The molecule has 0 N–H and O–H groups in total. The molecule has 0 aromatic carbocycles. The van der Waals surface area contributed by atoms with Crippen LogP contribution in [0.3, 0.4) is 0 Å². The maximum atomic E-state index is 10.8. The Morgan fingerprint density at radius 2 is 2.47 bits per heavy atom. The quantitative estimate of drug-likeness (QED) is 0.589. The molecular formula is C10H13N3O2. The van der Waals surface area contributed by atoms with Crippen molar-refractivity contribution in [2.24, 2.45) is 4.99 Å². The molecule has 0 radical (unpaired) electrons. The molecule has 0 unspecified atom stereocenters. The van der Waals surface area contributed by atoms with Crippen LogP contribution in [-0.2, 0) is 9.53 Å². The second kappa shape index (κ2) is 3.34. The van der Waals surface area contributed by atoms with Gasteiger partial charge in [-0.15, -0.1) is 0 Å². The third kappa shape index (κ3) is 1.26. The number of hydrogen-bond acceptors (Lipinski definition) is 4. The van der Waals surface area contributed by atoms with E-state index in [1.54, 1.807) is 4.90 Å². The third-order valence-electron chi connectivity index (χ3n) is 3.29. The van der Waals surface area contributed by atoms with Gasteiger partial charge >= 0.3 is 0 Å². The fraction of sp³-hybridized carbons (Fsp3) is 0.600. The molecule has 3 heterocycles. The zero-order valence-electron chi connectivity index (χ0n) is 8.37. The average Bonchev–Trinajstić information content (AvgIpc) is 2.68. The number of fused-ring (bicyclic) bond motifs is 1. The summed E-state index contributed by atoms with van der Waals surface area (Å²) in [6, 6.07) is 0.592. The van der Waals surface area contributed by atoms with Gasteiger partial charge in [0, 0.05) is 19.2 Å². The lowest BCUT2D eigenvalue weighted by atomic mass is 9.93. The van der Waals surface area contributed by atoms with Crippen LogP contribution in [0.15, 0.2) is 17.3 Å². The Morgan fingerprint density at radius 3 is 3.27 bits per heavy atom. The van der Waals surface area contributed by atoms with Gasteiger partial charge in [0.15, 0.2) is 0 Å². The highest BCUT2D eigenvalue weighted by Crippen LogP contribution is 2.29. The van der Waals surface area contributed by atoms with Gasteiger partial charge in [0.2, 0.25) is 6.41 Å². The van der Waals surface area contributed by atoms with Gasteiger partial charge in [-0.25, -0.2) is 4.99 Å². The van der Waals surface area contributed by atoms with Gasteiger partial charge in [0.1, 0.15) is 12.6 Å². The number of rotatable bonds is 2. The summed E-state index contributed by atoms with van der Waals surface area (Å²) in [5.74, 6) is 1.14. The fourth-order valence-corrected chi connectivity index (χ4v) is 2.42. The molecule has 0 spiro atoms. The van der Waals surface area contributed by atoms with Crippen LogP contribution in [0.1, 0.15) is 6.42 Å².